The Labute approximate surface area is 181 Å². The molecular weight excluding hydrogens is 402 g/mol. The van der Waals surface area contributed by atoms with Crippen molar-refractivity contribution in [1.29, 1.82) is 0 Å². The van der Waals surface area contributed by atoms with Gasteiger partial charge in [-0.3, -0.25) is 9.89 Å². The fourth-order valence-electron chi connectivity index (χ4n) is 3.35. The third-order valence-electron chi connectivity index (χ3n) is 5.07. The van der Waals surface area contributed by atoms with E-state index in [4.69, 9.17) is 9.73 Å². The van der Waals surface area contributed by atoms with Crippen molar-refractivity contribution in [2.75, 3.05) is 51.7 Å². The van der Waals surface area contributed by atoms with Crippen molar-refractivity contribution in [2.24, 2.45) is 10.9 Å². The van der Waals surface area contributed by atoms with Crippen molar-refractivity contribution < 1.29 is 13.2 Å². The maximum atomic E-state index is 12.3. The van der Waals surface area contributed by atoms with Crippen LogP contribution in [0, 0.1) is 5.92 Å². The van der Waals surface area contributed by atoms with E-state index in [1.54, 1.807) is 0 Å². The summed E-state index contributed by atoms with van der Waals surface area (Å²) in [5.41, 5.74) is 0.937. The van der Waals surface area contributed by atoms with Gasteiger partial charge in [-0.15, -0.1) is 0 Å². The lowest BCUT2D eigenvalue weighted by atomic mass is 10.0. The van der Waals surface area contributed by atoms with E-state index in [2.05, 4.69) is 34.1 Å². The number of benzene rings is 1. The Morgan fingerprint density at radius 3 is 2.50 bits per heavy atom. The molecule has 1 atom stereocenters. The molecule has 1 heterocycles. The summed E-state index contributed by atoms with van der Waals surface area (Å²) in [6.07, 6.45) is 0. The Balaban J connectivity index is 1.84. The zero-order valence-electron chi connectivity index (χ0n) is 18.4. The monoisotopic (exact) mass is 439 g/mol. The molecule has 9 heteroatoms. The average molecular weight is 440 g/mol. The second-order valence-electron chi connectivity index (χ2n) is 7.73. The largest absolute Gasteiger partial charge is 0.379 e. The van der Waals surface area contributed by atoms with Crippen LogP contribution in [0.5, 0.6) is 0 Å². The van der Waals surface area contributed by atoms with Gasteiger partial charge in [-0.25, -0.2) is 13.1 Å². The van der Waals surface area contributed by atoms with Crippen LogP contribution in [0.15, 0.2) is 35.3 Å². The first kappa shape index (κ1) is 24.6. The van der Waals surface area contributed by atoms with Crippen LogP contribution in [-0.2, 0) is 21.3 Å². The van der Waals surface area contributed by atoms with Crippen LogP contribution in [0.1, 0.15) is 26.3 Å². The third-order valence-corrected chi connectivity index (χ3v) is 6.39. The van der Waals surface area contributed by atoms with Crippen LogP contribution >= 0.6 is 0 Å². The summed E-state index contributed by atoms with van der Waals surface area (Å²) >= 11 is 0. The van der Waals surface area contributed by atoms with Gasteiger partial charge in [0.1, 0.15) is 0 Å². The van der Waals surface area contributed by atoms with Gasteiger partial charge in [0.15, 0.2) is 5.96 Å². The highest BCUT2D eigenvalue weighted by Crippen LogP contribution is 2.13. The topological polar surface area (TPSA) is 95.1 Å². The molecule has 1 unspecified atom stereocenters. The fraction of sp³-hybridized carbons (Fsp3) is 0.667. The first-order valence-corrected chi connectivity index (χ1v) is 12.4. The maximum Gasteiger partial charge on any atom is 0.213 e. The summed E-state index contributed by atoms with van der Waals surface area (Å²) in [5.74, 6) is 1.10. The molecule has 2 rings (SSSR count). The van der Waals surface area contributed by atoms with Gasteiger partial charge in [0.2, 0.25) is 10.0 Å². The molecule has 1 saturated heterocycles. The minimum absolute atomic E-state index is 0.0126. The SMILES string of the molecule is CCNC(=NCC(C(C)C)N1CCOCC1)NCCS(=O)(=O)NCc1ccccc1. The van der Waals surface area contributed by atoms with Gasteiger partial charge in [-0.2, -0.15) is 0 Å². The van der Waals surface area contributed by atoms with E-state index >= 15 is 0 Å². The molecule has 1 aromatic carbocycles. The van der Waals surface area contributed by atoms with Crippen LogP contribution in [-0.4, -0.2) is 77.0 Å². The highest BCUT2D eigenvalue weighted by Gasteiger charge is 2.23. The average Bonchev–Trinajstić information content (AvgIpc) is 2.74. The molecule has 0 saturated carbocycles. The Morgan fingerprint density at radius 2 is 1.87 bits per heavy atom. The molecule has 0 radical (unpaired) electrons. The summed E-state index contributed by atoms with van der Waals surface area (Å²) < 4.78 is 32.7. The number of hydrogen-bond donors (Lipinski definition) is 3. The number of hydrogen-bond acceptors (Lipinski definition) is 5. The predicted octanol–water partition coefficient (Wildman–Crippen LogP) is 1.02. The lowest BCUT2D eigenvalue weighted by molar-refractivity contribution is 0.00867. The van der Waals surface area contributed by atoms with Crippen LogP contribution in [0.4, 0.5) is 0 Å². The van der Waals surface area contributed by atoms with E-state index in [0.29, 0.717) is 37.6 Å². The lowest BCUT2D eigenvalue weighted by Gasteiger charge is -2.36. The van der Waals surface area contributed by atoms with Gasteiger partial charge in [-0.05, 0) is 18.4 Å². The molecule has 0 bridgehead atoms. The zero-order valence-corrected chi connectivity index (χ0v) is 19.2. The zero-order chi connectivity index (χ0) is 21.8. The van der Waals surface area contributed by atoms with Gasteiger partial charge in [0.05, 0.1) is 25.5 Å². The summed E-state index contributed by atoms with van der Waals surface area (Å²) in [6, 6.07) is 9.83. The Kier molecular flexibility index (Phi) is 10.6. The predicted molar refractivity (Wildman–Crippen MR) is 122 cm³/mol. The number of rotatable bonds is 11. The molecule has 170 valence electrons. The molecule has 1 fully saturated rings. The van der Waals surface area contributed by atoms with Crippen LogP contribution in [0.3, 0.4) is 0 Å². The molecule has 8 nitrogen and oxygen atoms in total. The van der Waals surface area contributed by atoms with E-state index in [1.165, 1.54) is 0 Å². The highest BCUT2D eigenvalue weighted by molar-refractivity contribution is 7.89. The Morgan fingerprint density at radius 1 is 1.17 bits per heavy atom. The quantitative estimate of drug-likeness (QED) is 0.352. The molecule has 0 amide bonds. The minimum atomic E-state index is -3.37. The van der Waals surface area contributed by atoms with Crippen molar-refractivity contribution in [2.45, 2.75) is 33.4 Å². The van der Waals surface area contributed by atoms with E-state index in [9.17, 15) is 8.42 Å². The highest BCUT2D eigenvalue weighted by atomic mass is 32.2. The lowest BCUT2D eigenvalue weighted by Crippen LogP contribution is -2.48. The minimum Gasteiger partial charge on any atom is -0.379 e. The van der Waals surface area contributed by atoms with Crippen molar-refractivity contribution >= 4 is 16.0 Å². The van der Waals surface area contributed by atoms with Crippen molar-refractivity contribution in [1.82, 2.24) is 20.3 Å². The second kappa shape index (κ2) is 12.9. The van der Waals surface area contributed by atoms with Crippen LogP contribution < -0.4 is 15.4 Å². The van der Waals surface area contributed by atoms with Gasteiger partial charge < -0.3 is 15.4 Å². The van der Waals surface area contributed by atoms with E-state index in [1.807, 2.05) is 37.3 Å². The first-order chi connectivity index (χ1) is 14.4. The molecular formula is C21H37N5O3S. The van der Waals surface area contributed by atoms with Crippen LogP contribution in [0.2, 0.25) is 0 Å². The summed E-state index contributed by atoms with van der Waals surface area (Å²) in [4.78, 5) is 7.15. The first-order valence-electron chi connectivity index (χ1n) is 10.8. The molecule has 3 N–H and O–H groups in total. The fourth-order valence-corrected chi connectivity index (χ4v) is 4.25. The van der Waals surface area contributed by atoms with E-state index < -0.39 is 10.0 Å². The van der Waals surface area contributed by atoms with Crippen molar-refractivity contribution in [3.63, 3.8) is 0 Å². The van der Waals surface area contributed by atoms with Crippen molar-refractivity contribution in [3.8, 4) is 0 Å². The molecule has 1 aromatic rings. The number of nitrogens with one attached hydrogen (secondary N) is 3. The molecule has 0 spiro atoms. The second-order valence-corrected chi connectivity index (χ2v) is 9.66. The summed E-state index contributed by atoms with van der Waals surface area (Å²) in [5, 5.41) is 6.35. The third kappa shape index (κ3) is 8.99. The number of aliphatic imine (C=N–C) groups is 1. The van der Waals surface area contributed by atoms with Gasteiger partial charge >= 0.3 is 0 Å². The van der Waals surface area contributed by atoms with E-state index in [0.717, 1.165) is 38.4 Å². The number of nitrogens with zero attached hydrogens (tertiary/aromatic N) is 2. The number of guanidine groups is 1. The molecule has 0 aromatic heterocycles. The molecule has 1 aliphatic rings. The standard InChI is InChI=1S/C21H37N5O3S/c1-4-22-21(24-17-20(18(2)3)26-11-13-29-14-12-26)23-10-15-30(27,28)25-16-19-8-6-5-7-9-19/h5-9,18,20,25H,4,10-17H2,1-3H3,(H2,22,23,24). The molecule has 0 aliphatic carbocycles. The number of sulfonamides is 1. The summed E-state index contributed by atoms with van der Waals surface area (Å²) in [6.45, 7) is 11.8. The summed E-state index contributed by atoms with van der Waals surface area (Å²) in [7, 11) is -3.37. The van der Waals surface area contributed by atoms with Gasteiger partial charge in [0.25, 0.3) is 0 Å². The smallest absolute Gasteiger partial charge is 0.213 e. The van der Waals surface area contributed by atoms with Crippen molar-refractivity contribution in [3.05, 3.63) is 35.9 Å². The van der Waals surface area contributed by atoms with Gasteiger partial charge in [-0.1, -0.05) is 44.2 Å². The number of ether oxygens (including phenoxy) is 1. The van der Waals surface area contributed by atoms with Crippen LogP contribution in [0.25, 0.3) is 0 Å². The Hall–Kier alpha value is -1.68. The normalized spacial score (nSPS) is 17.1. The molecule has 1 aliphatic heterocycles. The number of morpholine rings is 1. The Bertz CT molecular complexity index is 734. The maximum absolute atomic E-state index is 12.3. The molecule has 30 heavy (non-hydrogen) atoms. The van der Waals surface area contributed by atoms with E-state index in [-0.39, 0.29) is 5.75 Å². The van der Waals surface area contributed by atoms with Gasteiger partial charge in [0, 0.05) is 38.8 Å².